The minimum Gasteiger partial charge on any atom is -0.399 e. The first-order valence-corrected chi connectivity index (χ1v) is 7.19. The fraction of sp³-hybridized carbons (Fsp3) is 0.400. The summed E-state index contributed by atoms with van der Waals surface area (Å²) in [7, 11) is 0. The minimum absolute atomic E-state index is 0.0451. The summed E-state index contributed by atoms with van der Waals surface area (Å²) in [5, 5.41) is 3.09. The Bertz CT molecular complexity index is 578. The Morgan fingerprint density at radius 1 is 1.43 bits per heavy atom. The quantitative estimate of drug-likeness (QED) is 0.608. The summed E-state index contributed by atoms with van der Waals surface area (Å²) >= 11 is 0. The van der Waals surface area contributed by atoms with Gasteiger partial charge in [0, 0.05) is 30.5 Å². The summed E-state index contributed by atoms with van der Waals surface area (Å²) in [6, 6.07) is 8.06. The van der Waals surface area contributed by atoms with Crippen molar-refractivity contribution in [3.8, 4) is 0 Å². The van der Waals surface area contributed by atoms with Crippen LogP contribution >= 0.6 is 0 Å². The lowest BCUT2D eigenvalue weighted by molar-refractivity contribution is -0.377. The van der Waals surface area contributed by atoms with Crippen molar-refractivity contribution in [2.24, 2.45) is 4.99 Å². The van der Waals surface area contributed by atoms with Gasteiger partial charge in [-0.25, -0.2) is 4.58 Å². The SMILES string of the molecule is Nc1ccc(N2CCC(NC(=O)C[N+]3=CCN=C3)C2)cc1. The number of nitrogens with two attached hydrogens (primary N) is 1. The number of nitrogens with zero attached hydrogens (tertiary/aromatic N) is 3. The molecule has 110 valence electrons. The molecule has 0 aromatic heterocycles. The van der Waals surface area contributed by atoms with E-state index in [0.29, 0.717) is 13.1 Å². The number of aliphatic imine (C=N–C) groups is 1. The van der Waals surface area contributed by atoms with Crippen LogP contribution in [-0.4, -0.2) is 55.3 Å². The van der Waals surface area contributed by atoms with Gasteiger partial charge in [0.1, 0.15) is 6.21 Å². The maximum atomic E-state index is 12.0. The van der Waals surface area contributed by atoms with Gasteiger partial charge in [0.2, 0.25) is 0 Å². The predicted octanol–water partition coefficient (Wildman–Crippen LogP) is 0.0889. The number of carbonyl (C=O) groups excluding carboxylic acids is 1. The third-order valence-electron chi connectivity index (χ3n) is 3.79. The van der Waals surface area contributed by atoms with Crippen molar-refractivity contribution in [1.29, 1.82) is 0 Å². The lowest BCUT2D eigenvalue weighted by Crippen LogP contribution is -2.40. The molecule has 3 N–H and O–H groups in total. The topological polar surface area (TPSA) is 73.7 Å². The first kappa shape index (κ1) is 13.6. The Balaban J connectivity index is 1.51. The molecule has 6 heteroatoms. The normalized spacial score (nSPS) is 20.7. The third-order valence-corrected chi connectivity index (χ3v) is 3.79. The molecule has 0 radical (unpaired) electrons. The number of carbonyl (C=O) groups is 1. The molecule has 1 fully saturated rings. The van der Waals surface area contributed by atoms with Crippen molar-refractivity contribution in [1.82, 2.24) is 5.32 Å². The lowest BCUT2D eigenvalue weighted by atomic mass is 10.2. The van der Waals surface area contributed by atoms with E-state index in [-0.39, 0.29) is 11.9 Å². The fourth-order valence-electron chi connectivity index (χ4n) is 2.69. The maximum absolute atomic E-state index is 12.0. The Morgan fingerprint density at radius 3 is 2.95 bits per heavy atom. The molecule has 3 rings (SSSR count). The second-order valence-corrected chi connectivity index (χ2v) is 5.43. The van der Waals surface area contributed by atoms with Gasteiger partial charge in [0.05, 0.1) is 0 Å². The van der Waals surface area contributed by atoms with E-state index in [2.05, 4.69) is 15.2 Å². The van der Waals surface area contributed by atoms with Crippen LogP contribution in [0.15, 0.2) is 29.3 Å². The molecule has 1 aromatic carbocycles. The average Bonchev–Trinajstić information content (AvgIpc) is 3.11. The van der Waals surface area contributed by atoms with Crippen molar-refractivity contribution in [3.05, 3.63) is 24.3 Å². The zero-order valence-electron chi connectivity index (χ0n) is 11.9. The summed E-state index contributed by atoms with van der Waals surface area (Å²) in [6.45, 7) is 2.81. The van der Waals surface area contributed by atoms with Gasteiger partial charge >= 0.3 is 0 Å². The van der Waals surface area contributed by atoms with Crippen LogP contribution in [0.5, 0.6) is 0 Å². The highest BCUT2D eigenvalue weighted by Gasteiger charge is 2.24. The van der Waals surface area contributed by atoms with E-state index in [1.807, 2.05) is 35.1 Å². The van der Waals surface area contributed by atoms with E-state index in [4.69, 9.17) is 5.73 Å². The van der Waals surface area contributed by atoms with Crippen molar-refractivity contribution in [3.63, 3.8) is 0 Å². The third kappa shape index (κ3) is 3.39. The molecule has 0 aliphatic carbocycles. The Labute approximate surface area is 124 Å². The largest absolute Gasteiger partial charge is 0.399 e. The first-order valence-electron chi connectivity index (χ1n) is 7.19. The molecule has 1 amide bonds. The Kier molecular flexibility index (Phi) is 3.85. The highest BCUT2D eigenvalue weighted by atomic mass is 16.2. The van der Waals surface area contributed by atoms with Crippen LogP contribution in [0.2, 0.25) is 0 Å². The summed E-state index contributed by atoms with van der Waals surface area (Å²) in [4.78, 5) is 18.3. The Hall–Kier alpha value is -2.37. The van der Waals surface area contributed by atoms with Gasteiger partial charge < -0.3 is 16.0 Å². The van der Waals surface area contributed by atoms with E-state index in [9.17, 15) is 4.79 Å². The fourth-order valence-corrected chi connectivity index (χ4v) is 2.69. The molecular formula is C15H20N5O+. The van der Waals surface area contributed by atoms with Gasteiger partial charge in [-0.15, -0.1) is 0 Å². The smallest absolute Gasteiger partial charge is 0.280 e. The summed E-state index contributed by atoms with van der Waals surface area (Å²) in [5.41, 5.74) is 7.63. The molecule has 21 heavy (non-hydrogen) atoms. The molecule has 0 saturated carbocycles. The van der Waals surface area contributed by atoms with E-state index in [1.54, 1.807) is 6.34 Å². The average molecular weight is 286 g/mol. The number of benzene rings is 1. The summed E-state index contributed by atoms with van der Waals surface area (Å²) in [6.07, 6.45) is 4.58. The van der Waals surface area contributed by atoms with E-state index in [0.717, 1.165) is 30.9 Å². The van der Waals surface area contributed by atoms with Gasteiger partial charge in [0.15, 0.2) is 13.1 Å². The molecule has 6 nitrogen and oxygen atoms in total. The highest BCUT2D eigenvalue weighted by molar-refractivity contribution is 5.80. The summed E-state index contributed by atoms with van der Waals surface area (Å²) < 4.78 is 1.82. The molecule has 1 unspecified atom stereocenters. The van der Waals surface area contributed by atoms with Gasteiger partial charge in [0.25, 0.3) is 12.2 Å². The van der Waals surface area contributed by atoms with Crippen molar-refractivity contribution in [2.45, 2.75) is 12.5 Å². The van der Waals surface area contributed by atoms with Crippen LogP contribution in [-0.2, 0) is 4.79 Å². The van der Waals surface area contributed by atoms with Gasteiger partial charge in [-0.2, -0.15) is 0 Å². The standard InChI is InChI=1S/C15H19N5O/c16-12-1-3-14(4-2-12)20-7-5-13(9-20)18-15(21)10-19-8-6-17-11-19/h1-4,8,11,13H,5-7,9-10,16H2/p+1. The molecule has 1 aromatic rings. The lowest BCUT2D eigenvalue weighted by Gasteiger charge is -2.19. The molecule has 1 saturated heterocycles. The predicted molar refractivity (Wildman–Crippen MR) is 84.2 cm³/mol. The summed E-state index contributed by atoms with van der Waals surface area (Å²) in [5.74, 6) is 0.0451. The number of hydrogen-bond donors (Lipinski definition) is 2. The zero-order chi connectivity index (χ0) is 14.7. The van der Waals surface area contributed by atoms with Crippen molar-refractivity contribution < 1.29 is 9.37 Å². The van der Waals surface area contributed by atoms with Crippen LogP contribution in [0, 0.1) is 0 Å². The number of hydrogen-bond acceptors (Lipinski definition) is 4. The zero-order valence-corrected chi connectivity index (χ0v) is 11.9. The van der Waals surface area contributed by atoms with Crippen LogP contribution in [0.3, 0.4) is 0 Å². The van der Waals surface area contributed by atoms with Crippen LogP contribution < -0.4 is 16.0 Å². The molecule has 0 bridgehead atoms. The van der Waals surface area contributed by atoms with Crippen molar-refractivity contribution in [2.75, 3.05) is 36.8 Å². The second kappa shape index (κ2) is 5.95. The second-order valence-electron chi connectivity index (χ2n) is 5.43. The van der Waals surface area contributed by atoms with Crippen LogP contribution in [0.25, 0.3) is 0 Å². The number of nitrogen functional groups attached to an aromatic ring is 1. The van der Waals surface area contributed by atoms with Crippen LogP contribution in [0.1, 0.15) is 6.42 Å². The molecule has 2 aliphatic heterocycles. The molecule has 1 atom stereocenters. The number of anilines is 2. The number of nitrogens with one attached hydrogen (secondary N) is 1. The maximum Gasteiger partial charge on any atom is 0.280 e. The molecular weight excluding hydrogens is 266 g/mol. The van der Waals surface area contributed by atoms with Gasteiger partial charge in [-0.3, -0.25) is 4.79 Å². The monoisotopic (exact) mass is 286 g/mol. The van der Waals surface area contributed by atoms with E-state index in [1.165, 1.54) is 0 Å². The number of amides is 1. The van der Waals surface area contributed by atoms with E-state index >= 15 is 0 Å². The van der Waals surface area contributed by atoms with Gasteiger partial charge in [-0.05, 0) is 30.7 Å². The first-order chi connectivity index (χ1) is 10.2. The number of rotatable bonds is 4. The molecule has 2 aliphatic rings. The van der Waals surface area contributed by atoms with Gasteiger partial charge in [-0.1, -0.05) is 4.99 Å². The molecule has 0 spiro atoms. The van der Waals surface area contributed by atoms with Crippen LogP contribution in [0.4, 0.5) is 11.4 Å². The minimum atomic E-state index is 0.0451. The van der Waals surface area contributed by atoms with Crippen molar-refractivity contribution >= 4 is 29.8 Å². The van der Waals surface area contributed by atoms with E-state index < -0.39 is 0 Å². The Morgan fingerprint density at radius 2 is 2.24 bits per heavy atom. The molecule has 2 heterocycles. The highest BCUT2D eigenvalue weighted by Crippen LogP contribution is 2.21.